The normalized spacial score (nSPS) is 14.6. The minimum atomic E-state index is -4.33. The maximum atomic E-state index is 11.3. The van der Waals surface area contributed by atoms with Crippen LogP contribution in [0.3, 0.4) is 0 Å². The standard InChI is InChI=1S/C21H28NO8P/c23-16-22(30-15-18-9-5-2-6-10-18)13-19(24)21(25)20(11-12-31(26,27)28)29-14-17-7-3-1-4-8-17/h1-10,16,19-21,24-25H,11-15H2,(H2,26,27,28)/t19-,20-,21+/m1/s1. The predicted molar refractivity (Wildman–Crippen MR) is 113 cm³/mol. The minimum Gasteiger partial charge on any atom is -0.388 e. The zero-order chi connectivity index (χ0) is 22.7. The van der Waals surface area contributed by atoms with Gasteiger partial charge in [0.25, 0.3) is 0 Å². The quantitative estimate of drug-likeness (QED) is 0.192. The number of aliphatic hydroxyl groups is 2. The van der Waals surface area contributed by atoms with Crippen molar-refractivity contribution in [2.45, 2.75) is 37.9 Å². The molecule has 3 atom stereocenters. The molecule has 0 aliphatic heterocycles. The van der Waals surface area contributed by atoms with E-state index in [0.717, 1.165) is 16.2 Å². The van der Waals surface area contributed by atoms with Gasteiger partial charge in [-0.3, -0.25) is 14.2 Å². The van der Waals surface area contributed by atoms with Crippen LogP contribution >= 0.6 is 7.60 Å². The molecule has 0 heterocycles. The van der Waals surface area contributed by atoms with Gasteiger partial charge in [-0.25, -0.2) is 5.06 Å². The van der Waals surface area contributed by atoms with Crippen molar-refractivity contribution in [1.29, 1.82) is 0 Å². The summed E-state index contributed by atoms with van der Waals surface area (Å²) in [5.74, 6) is 0. The fourth-order valence-corrected chi connectivity index (χ4v) is 3.41. The van der Waals surface area contributed by atoms with E-state index in [-0.39, 0.29) is 26.2 Å². The molecule has 0 unspecified atom stereocenters. The summed E-state index contributed by atoms with van der Waals surface area (Å²) in [7, 11) is -4.33. The van der Waals surface area contributed by atoms with Gasteiger partial charge in [-0.05, 0) is 17.5 Å². The lowest BCUT2D eigenvalue weighted by Gasteiger charge is -2.29. The molecule has 2 rings (SSSR count). The highest BCUT2D eigenvalue weighted by molar-refractivity contribution is 7.51. The zero-order valence-electron chi connectivity index (χ0n) is 16.9. The number of ether oxygens (including phenoxy) is 1. The van der Waals surface area contributed by atoms with E-state index in [1.807, 2.05) is 36.4 Å². The third kappa shape index (κ3) is 9.71. The number of nitrogens with zero attached hydrogens (tertiary/aromatic N) is 1. The second-order valence-electron chi connectivity index (χ2n) is 7.03. The van der Waals surface area contributed by atoms with Crippen molar-refractivity contribution in [3.8, 4) is 0 Å². The molecule has 2 aromatic rings. The summed E-state index contributed by atoms with van der Waals surface area (Å²) in [6.07, 6.45) is -4.34. The van der Waals surface area contributed by atoms with Crippen LogP contribution < -0.4 is 0 Å². The molecule has 0 aromatic heterocycles. The molecular formula is C21H28NO8P. The molecule has 0 aliphatic carbocycles. The number of hydrogen-bond acceptors (Lipinski definition) is 6. The van der Waals surface area contributed by atoms with E-state index in [4.69, 9.17) is 9.57 Å². The van der Waals surface area contributed by atoms with Crippen LogP contribution in [0.4, 0.5) is 0 Å². The average molecular weight is 453 g/mol. The smallest absolute Gasteiger partial charge is 0.325 e. The molecule has 0 saturated heterocycles. The Labute approximate surface area is 181 Å². The Morgan fingerprint density at radius 3 is 2.00 bits per heavy atom. The lowest BCUT2D eigenvalue weighted by Crippen LogP contribution is -2.45. The first kappa shape index (κ1) is 25.2. The lowest BCUT2D eigenvalue weighted by molar-refractivity contribution is -0.194. The van der Waals surface area contributed by atoms with Gasteiger partial charge in [-0.1, -0.05) is 60.7 Å². The second kappa shape index (κ2) is 12.7. The number of hydroxylamine groups is 2. The molecule has 1 amide bonds. The van der Waals surface area contributed by atoms with E-state index >= 15 is 0 Å². The van der Waals surface area contributed by atoms with Crippen LogP contribution in [0.2, 0.25) is 0 Å². The third-order valence-electron chi connectivity index (χ3n) is 4.51. The van der Waals surface area contributed by atoms with E-state index in [1.165, 1.54) is 0 Å². The SMILES string of the molecule is O=CN(C[C@@H](O)[C@H](O)[C@@H](CCP(=O)(O)O)OCc1ccccc1)OCc1ccccc1. The van der Waals surface area contributed by atoms with Crippen molar-refractivity contribution in [2.75, 3.05) is 12.7 Å². The van der Waals surface area contributed by atoms with E-state index in [2.05, 4.69) is 0 Å². The Kier molecular flexibility index (Phi) is 10.3. The summed E-state index contributed by atoms with van der Waals surface area (Å²) >= 11 is 0. The molecule has 31 heavy (non-hydrogen) atoms. The average Bonchev–Trinajstić information content (AvgIpc) is 2.76. The number of hydrogen-bond donors (Lipinski definition) is 4. The Balaban J connectivity index is 1.96. The van der Waals surface area contributed by atoms with Crippen molar-refractivity contribution in [2.24, 2.45) is 0 Å². The molecule has 0 bridgehead atoms. The highest BCUT2D eigenvalue weighted by Gasteiger charge is 2.30. The summed E-state index contributed by atoms with van der Waals surface area (Å²) in [6.45, 7) is -0.175. The van der Waals surface area contributed by atoms with E-state index in [0.29, 0.717) is 6.41 Å². The van der Waals surface area contributed by atoms with Gasteiger partial charge in [-0.2, -0.15) is 0 Å². The maximum absolute atomic E-state index is 11.3. The molecule has 170 valence electrons. The van der Waals surface area contributed by atoms with Crippen LogP contribution in [0.25, 0.3) is 0 Å². The monoisotopic (exact) mass is 453 g/mol. The van der Waals surface area contributed by atoms with Crippen molar-refractivity contribution >= 4 is 14.0 Å². The number of aliphatic hydroxyl groups excluding tert-OH is 2. The number of rotatable bonds is 14. The van der Waals surface area contributed by atoms with Gasteiger partial charge < -0.3 is 24.7 Å². The number of amides is 1. The Morgan fingerprint density at radius 1 is 0.935 bits per heavy atom. The van der Waals surface area contributed by atoms with Gasteiger partial charge in [0.05, 0.1) is 25.4 Å². The minimum absolute atomic E-state index is 0.0817. The molecule has 4 N–H and O–H groups in total. The summed E-state index contributed by atoms with van der Waals surface area (Å²) in [5.41, 5.74) is 1.61. The van der Waals surface area contributed by atoms with Gasteiger partial charge in [0.1, 0.15) is 18.8 Å². The van der Waals surface area contributed by atoms with Gasteiger partial charge in [0.15, 0.2) is 0 Å². The van der Waals surface area contributed by atoms with Crippen LogP contribution in [0.5, 0.6) is 0 Å². The first-order valence-electron chi connectivity index (χ1n) is 9.73. The number of carbonyl (C=O) groups is 1. The molecular weight excluding hydrogens is 425 g/mol. The molecule has 2 aromatic carbocycles. The topological polar surface area (TPSA) is 137 Å². The van der Waals surface area contributed by atoms with E-state index < -0.39 is 32.1 Å². The summed E-state index contributed by atoms with van der Waals surface area (Å²) in [6, 6.07) is 18.1. The fraction of sp³-hybridized carbons (Fsp3) is 0.381. The van der Waals surface area contributed by atoms with Crippen LogP contribution in [0, 0.1) is 0 Å². The van der Waals surface area contributed by atoms with Crippen molar-refractivity contribution < 1.29 is 38.9 Å². The first-order valence-corrected chi connectivity index (χ1v) is 11.5. The van der Waals surface area contributed by atoms with Gasteiger partial charge in [0, 0.05) is 0 Å². The van der Waals surface area contributed by atoms with E-state index in [1.54, 1.807) is 24.3 Å². The van der Waals surface area contributed by atoms with Gasteiger partial charge >= 0.3 is 7.60 Å². The van der Waals surface area contributed by atoms with Gasteiger partial charge in [0.2, 0.25) is 6.41 Å². The highest BCUT2D eigenvalue weighted by Crippen LogP contribution is 2.36. The Morgan fingerprint density at radius 2 is 1.48 bits per heavy atom. The Bertz CT molecular complexity index is 817. The Hall–Kier alpha value is -2.10. The summed E-state index contributed by atoms with van der Waals surface area (Å²) in [4.78, 5) is 35.0. The van der Waals surface area contributed by atoms with Gasteiger partial charge in [-0.15, -0.1) is 0 Å². The molecule has 0 fully saturated rings. The second-order valence-corrected chi connectivity index (χ2v) is 8.81. The molecule has 0 saturated carbocycles. The molecule has 0 radical (unpaired) electrons. The molecule has 10 heteroatoms. The molecule has 0 aliphatic rings. The van der Waals surface area contributed by atoms with Crippen LogP contribution in [0.15, 0.2) is 60.7 Å². The fourth-order valence-electron chi connectivity index (χ4n) is 2.82. The lowest BCUT2D eigenvalue weighted by atomic mass is 10.1. The molecule has 9 nitrogen and oxygen atoms in total. The van der Waals surface area contributed by atoms with Crippen molar-refractivity contribution in [3.63, 3.8) is 0 Å². The summed E-state index contributed by atoms with van der Waals surface area (Å²) < 4.78 is 16.9. The zero-order valence-corrected chi connectivity index (χ0v) is 17.8. The van der Waals surface area contributed by atoms with Crippen molar-refractivity contribution in [1.82, 2.24) is 5.06 Å². The number of benzene rings is 2. The number of carbonyl (C=O) groups excluding carboxylic acids is 1. The van der Waals surface area contributed by atoms with Crippen LogP contribution in [0.1, 0.15) is 17.5 Å². The maximum Gasteiger partial charge on any atom is 0.325 e. The van der Waals surface area contributed by atoms with Crippen LogP contribution in [-0.2, 0) is 32.1 Å². The van der Waals surface area contributed by atoms with Crippen molar-refractivity contribution in [3.05, 3.63) is 71.8 Å². The first-order chi connectivity index (χ1) is 14.8. The largest absolute Gasteiger partial charge is 0.388 e. The third-order valence-corrected chi connectivity index (χ3v) is 5.35. The van der Waals surface area contributed by atoms with E-state index in [9.17, 15) is 29.4 Å². The summed E-state index contributed by atoms with van der Waals surface area (Å²) in [5, 5.41) is 21.8. The molecule has 0 spiro atoms. The van der Waals surface area contributed by atoms with Crippen LogP contribution in [-0.4, -0.2) is 62.5 Å². The highest BCUT2D eigenvalue weighted by atomic mass is 31.2. The predicted octanol–water partition coefficient (Wildman–Crippen LogP) is 1.45.